The Morgan fingerprint density at radius 3 is 1.75 bits per heavy atom. The van der Waals surface area contributed by atoms with Crippen molar-refractivity contribution in [2.24, 2.45) is 0 Å². The SMILES string of the molecule is CC1OP(F)OC1C. The summed E-state index contributed by atoms with van der Waals surface area (Å²) in [5, 5.41) is 0. The summed E-state index contributed by atoms with van der Waals surface area (Å²) >= 11 is 0. The summed E-state index contributed by atoms with van der Waals surface area (Å²) in [4.78, 5) is 0. The first-order valence-corrected chi connectivity index (χ1v) is 3.56. The van der Waals surface area contributed by atoms with Gasteiger partial charge in [-0.15, -0.1) is 0 Å². The molecule has 0 saturated carbocycles. The minimum atomic E-state index is -2.04. The van der Waals surface area contributed by atoms with Crippen molar-refractivity contribution in [2.45, 2.75) is 26.1 Å². The highest BCUT2D eigenvalue weighted by Gasteiger charge is 2.30. The average molecular weight is 138 g/mol. The van der Waals surface area contributed by atoms with Crippen molar-refractivity contribution in [3.63, 3.8) is 0 Å². The quantitative estimate of drug-likeness (QED) is 0.476. The molecule has 1 rings (SSSR count). The van der Waals surface area contributed by atoms with Gasteiger partial charge in [0.2, 0.25) is 0 Å². The lowest BCUT2D eigenvalue weighted by atomic mass is 10.3. The molecule has 0 aromatic rings. The predicted octanol–water partition coefficient (Wildman–Crippen LogP) is 2.01. The van der Waals surface area contributed by atoms with Gasteiger partial charge in [-0.05, 0) is 13.8 Å². The van der Waals surface area contributed by atoms with Crippen molar-refractivity contribution in [1.29, 1.82) is 0 Å². The second-order valence-corrected chi connectivity index (χ2v) is 2.68. The number of halogens is 1. The summed E-state index contributed by atoms with van der Waals surface area (Å²) in [6, 6.07) is 0. The van der Waals surface area contributed by atoms with E-state index < -0.39 is 8.69 Å². The molecule has 2 unspecified atom stereocenters. The highest BCUT2D eigenvalue weighted by atomic mass is 31.2. The minimum absolute atomic E-state index is 0.0777. The van der Waals surface area contributed by atoms with Gasteiger partial charge in [0.05, 0.1) is 12.2 Å². The summed E-state index contributed by atoms with van der Waals surface area (Å²) in [6.45, 7) is 3.60. The van der Waals surface area contributed by atoms with Crippen molar-refractivity contribution in [3.05, 3.63) is 0 Å². The van der Waals surface area contributed by atoms with Gasteiger partial charge >= 0.3 is 8.69 Å². The molecule has 48 valence electrons. The fourth-order valence-electron chi connectivity index (χ4n) is 0.458. The molecule has 2 nitrogen and oxygen atoms in total. The van der Waals surface area contributed by atoms with Crippen molar-refractivity contribution in [2.75, 3.05) is 0 Å². The van der Waals surface area contributed by atoms with Crippen LogP contribution >= 0.6 is 8.69 Å². The third-order valence-electron chi connectivity index (χ3n) is 1.16. The lowest BCUT2D eigenvalue weighted by molar-refractivity contribution is 0.187. The Kier molecular flexibility index (Phi) is 1.81. The first-order valence-electron chi connectivity index (χ1n) is 2.49. The molecule has 0 N–H and O–H groups in total. The van der Waals surface area contributed by atoms with Crippen LogP contribution in [0.1, 0.15) is 13.8 Å². The first kappa shape index (κ1) is 6.40. The molecule has 0 spiro atoms. The molecule has 0 bridgehead atoms. The zero-order valence-corrected chi connectivity index (χ0v) is 5.69. The van der Waals surface area contributed by atoms with Gasteiger partial charge in [-0.3, -0.25) is 0 Å². The maximum Gasteiger partial charge on any atom is 0.375 e. The van der Waals surface area contributed by atoms with E-state index in [4.69, 9.17) is 0 Å². The van der Waals surface area contributed by atoms with E-state index in [-0.39, 0.29) is 12.2 Å². The second kappa shape index (κ2) is 2.26. The van der Waals surface area contributed by atoms with E-state index in [1.54, 1.807) is 13.8 Å². The van der Waals surface area contributed by atoms with Gasteiger partial charge in [-0.25, -0.2) is 0 Å². The fourth-order valence-corrected chi connectivity index (χ4v) is 1.37. The number of hydrogen-bond acceptors (Lipinski definition) is 2. The van der Waals surface area contributed by atoms with Crippen LogP contribution in [-0.2, 0) is 9.05 Å². The van der Waals surface area contributed by atoms with E-state index >= 15 is 0 Å². The van der Waals surface area contributed by atoms with Crippen molar-refractivity contribution in [3.8, 4) is 0 Å². The van der Waals surface area contributed by atoms with E-state index in [9.17, 15) is 4.20 Å². The van der Waals surface area contributed by atoms with E-state index in [1.165, 1.54) is 0 Å². The first-order chi connectivity index (χ1) is 3.70. The third kappa shape index (κ3) is 1.16. The van der Waals surface area contributed by atoms with E-state index in [1.807, 2.05) is 0 Å². The molecule has 1 saturated heterocycles. The molecule has 0 aromatic carbocycles. The standard InChI is InChI=1S/C4H8FO2P/c1-3-4(2)7-8(5)6-3/h3-4H,1-2H3. The van der Waals surface area contributed by atoms with Gasteiger partial charge in [0.25, 0.3) is 0 Å². The van der Waals surface area contributed by atoms with Crippen LogP contribution in [0.25, 0.3) is 0 Å². The predicted molar refractivity (Wildman–Crippen MR) is 29.1 cm³/mol. The van der Waals surface area contributed by atoms with Crippen LogP contribution < -0.4 is 0 Å². The van der Waals surface area contributed by atoms with Crippen LogP contribution in [0.15, 0.2) is 0 Å². The molecule has 8 heavy (non-hydrogen) atoms. The molecule has 1 aliphatic heterocycles. The molecule has 0 aromatic heterocycles. The zero-order chi connectivity index (χ0) is 6.15. The Labute approximate surface area is 49.0 Å². The fraction of sp³-hybridized carbons (Fsp3) is 1.00. The summed E-state index contributed by atoms with van der Waals surface area (Å²) in [5.74, 6) is 0. The van der Waals surface area contributed by atoms with Crippen LogP contribution in [0.2, 0.25) is 0 Å². The molecule has 4 heteroatoms. The van der Waals surface area contributed by atoms with Crippen molar-refractivity contribution in [1.82, 2.24) is 0 Å². The largest absolute Gasteiger partial charge is 0.375 e. The molecular formula is C4H8FO2P. The monoisotopic (exact) mass is 138 g/mol. The normalized spacial score (nSPS) is 47.6. The summed E-state index contributed by atoms with van der Waals surface area (Å²) in [5.41, 5.74) is 0. The van der Waals surface area contributed by atoms with Crippen LogP contribution in [-0.4, -0.2) is 12.2 Å². The van der Waals surface area contributed by atoms with E-state index in [2.05, 4.69) is 9.05 Å². The van der Waals surface area contributed by atoms with Crippen molar-refractivity contribution < 1.29 is 13.2 Å². The highest BCUT2D eigenvalue weighted by molar-refractivity contribution is 7.41. The van der Waals surface area contributed by atoms with Gasteiger partial charge in [0.1, 0.15) is 0 Å². The van der Waals surface area contributed by atoms with Gasteiger partial charge in [0, 0.05) is 0 Å². The van der Waals surface area contributed by atoms with Gasteiger partial charge < -0.3 is 9.05 Å². The molecule has 1 heterocycles. The Morgan fingerprint density at radius 2 is 1.62 bits per heavy atom. The molecule has 1 fully saturated rings. The third-order valence-corrected chi connectivity index (χ3v) is 2.16. The summed E-state index contributed by atoms with van der Waals surface area (Å²) < 4.78 is 21.3. The molecule has 1 aliphatic rings. The maximum atomic E-state index is 12.0. The van der Waals surface area contributed by atoms with Crippen molar-refractivity contribution >= 4 is 8.69 Å². The molecule has 0 amide bonds. The van der Waals surface area contributed by atoms with Crippen LogP contribution in [0.4, 0.5) is 4.20 Å². The van der Waals surface area contributed by atoms with E-state index in [0.717, 1.165) is 0 Å². The average Bonchev–Trinajstić information content (AvgIpc) is 1.85. The van der Waals surface area contributed by atoms with Gasteiger partial charge in [0.15, 0.2) is 0 Å². The zero-order valence-electron chi connectivity index (χ0n) is 4.80. The lowest BCUT2D eigenvalue weighted by Gasteiger charge is -2.00. The molecule has 2 atom stereocenters. The number of hydrogen-bond donors (Lipinski definition) is 0. The molecule has 0 radical (unpaired) electrons. The Bertz CT molecular complexity index is 80.1. The van der Waals surface area contributed by atoms with Crippen LogP contribution in [0.3, 0.4) is 0 Å². The maximum absolute atomic E-state index is 12.0. The Balaban J connectivity index is 2.39. The topological polar surface area (TPSA) is 18.5 Å². The minimum Gasteiger partial charge on any atom is -0.303 e. The molecular weight excluding hydrogens is 130 g/mol. The lowest BCUT2D eigenvalue weighted by Crippen LogP contribution is -2.13. The summed E-state index contributed by atoms with van der Waals surface area (Å²) in [7, 11) is -2.04. The second-order valence-electron chi connectivity index (χ2n) is 1.83. The number of rotatable bonds is 0. The van der Waals surface area contributed by atoms with Gasteiger partial charge in [-0.2, -0.15) is 4.20 Å². The Morgan fingerprint density at radius 1 is 1.25 bits per heavy atom. The van der Waals surface area contributed by atoms with Crippen LogP contribution in [0, 0.1) is 0 Å². The smallest absolute Gasteiger partial charge is 0.303 e. The van der Waals surface area contributed by atoms with Gasteiger partial charge in [-0.1, -0.05) is 0 Å². The Hall–Kier alpha value is 0.280. The summed E-state index contributed by atoms with van der Waals surface area (Å²) in [6.07, 6.45) is -0.155. The highest BCUT2D eigenvalue weighted by Crippen LogP contribution is 2.49. The van der Waals surface area contributed by atoms with Crippen LogP contribution in [0.5, 0.6) is 0 Å². The van der Waals surface area contributed by atoms with E-state index in [0.29, 0.717) is 0 Å². The molecule has 0 aliphatic carbocycles.